The molecule has 0 aliphatic heterocycles. The molecule has 0 aliphatic rings. The van der Waals surface area contributed by atoms with Crippen molar-refractivity contribution in [2.24, 2.45) is 0 Å². The van der Waals surface area contributed by atoms with Crippen molar-refractivity contribution >= 4 is 63.5 Å². The Kier molecular flexibility index (Phi) is 6.24. The number of nitrogens with one attached hydrogen (secondary N) is 2. The van der Waals surface area contributed by atoms with Gasteiger partial charge < -0.3 is 15.4 Å². The Morgan fingerprint density at radius 3 is 2.43 bits per heavy atom. The predicted octanol–water partition coefficient (Wildman–Crippen LogP) is 6.06. The molecule has 0 bridgehead atoms. The number of hydrogen-bond donors (Lipinski definition) is 2. The van der Waals surface area contributed by atoms with Crippen molar-refractivity contribution in [2.45, 2.75) is 6.61 Å². The van der Waals surface area contributed by atoms with Gasteiger partial charge in [-0.3, -0.25) is 0 Å². The van der Waals surface area contributed by atoms with Crippen LogP contribution < -0.4 is 15.4 Å². The van der Waals surface area contributed by atoms with Crippen molar-refractivity contribution < 1.29 is 13.5 Å². The lowest BCUT2D eigenvalue weighted by Gasteiger charge is -2.13. The maximum Gasteiger partial charge on any atom is 0.387 e. The third kappa shape index (κ3) is 5.07. The van der Waals surface area contributed by atoms with Crippen LogP contribution in [0.15, 0.2) is 36.4 Å². The highest BCUT2D eigenvalue weighted by Gasteiger charge is 2.10. The van der Waals surface area contributed by atoms with Crippen molar-refractivity contribution in [1.82, 2.24) is 0 Å². The lowest BCUT2D eigenvalue weighted by Crippen LogP contribution is -2.19. The van der Waals surface area contributed by atoms with Crippen LogP contribution in [0.5, 0.6) is 5.75 Å². The molecule has 0 amide bonds. The van der Waals surface area contributed by atoms with Crippen LogP contribution >= 0.6 is 47.0 Å². The van der Waals surface area contributed by atoms with E-state index in [4.69, 9.17) is 47.0 Å². The summed E-state index contributed by atoms with van der Waals surface area (Å²) in [6.07, 6.45) is 0. The summed E-state index contributed by atoms with van der Waals surface area (Å²) in [6, 6.07) is 9.28. The summed E-state index contributed by atoms with van der Waals surface area (Å²) in [6.45, 7) is -2.95. The first-order valence-corrected chi connectivity index (χ1v) is 7.67. The standard InChI is InChI=1S/C14H9Cl3F2N2OS/c15-8-2-1-3-10(12(8)17)21-14(23)20-7-4-5-11(9(16)6-7)22-13(18)19/h1-6,13H,(H2,20,21,23). The van der Waals surface area contributed by atoms with Gasteiger partial charge in [-0.25, -0.2) is 0 Å². The van der Waals surface area contributed by atoms with E-state index in [9.17, 15) is 8.78 Å². The molecular weight excluding hydrogens is 389 g/mol. The number of hydrogen-bond acceptors (Lipinski definition) is 2. The molecular formula is C14H9Cl3F2N2OS. The third-order valence-corrected chi connectivity index (χ3v) is 3.92. The smallest absolute Gasteiger partial charge is 0.387 e. The molecule has 2 N–H and O–H groups in total. The Balaban J connectivity index is 2.05. The van der Waals surface area contributed by atoms with E-state index in [1.165, 1.54) is 18.2 Å². The Hall–Kier alpha value is -1.34. The Morgan fingerprint density at radius 2 is 1.78 bits per heavy atom. The molecule has 3 nitrogen and oxygen atoms in total. The molecule has 0 heterocycles. The number of anilines is 2. The van der Waals surface area contributed by atoms with Crippen LogP contribution in [0, 0.1) is 0 Å². The maximum atomic E-state index is 12.2. The lowest BCUT2D eigenvalue weighted by atomic mass is 10.3. The Labute approximate surface area is 151 Å². The van der Waals surface area contributed by atoms with Crippen LogP contribution in [-0.2, 0) is 0 Å². The second-order valence-electron chi connectivity index (χ2n) is 4.20. The normalized spacial score (nSPS) is 10.5. The number of thiocarbonyl (C=S) groups is 1. The summed E-state index contributed by atoms with van der Waals surface area (Å²) < 4.78 is 28.6. The molecule has 2 aromatic rings. The molecule has 0 saturated heterocycles. The van der Waals surface area contributed by atoms with Crippen LogP contribution in [0.25, 0.3) is 0 Å². The molecule has 0 aromatic heterocycles. The van der Waals surface area contributed by atoms with E-state index in [0.717, 1.165) is 0 Å². The molecule has 9 heteroatoms. The monoisotopic (exact) mass is 396 g/mol. The summed E-state index contributed by atoms with van der Waals surface area (Å²) in [5.74, 6) is -0.121. The minimum atomic E-state index is -2.95. The van der Waals surface area contributed by atoms with E-state index in [1.807, 2.05) is 0 Å². The van der Waals surface area contributed by atoms with Gasteiger partial charge in [0.25, 0.3) is 0 Å². The van der Waals surface area contributed by atoms with E-state index < -0.39 is 6.61 Å². The minimum absolute atomic E-state index is 0.0267. The van der Waals surface area contributed by atoms with Crippen LogP contribution in [0.2, 0.25) is 15.1 Å². The summed E-state index contributed by atoms with van der Waals surface area (Å²) in [7, 11) is 0. The molecule has 0 spiro atoms. The van der Waals surface area contributed by atoms with E-state index in [2.05, 4.69) is 15.4 Å². The first-order valence-electron chi connectivity index (χ1n) is 6.13. The van der Waals surface area contributed by atoms with Crippen LogP contribution in [0.1, 0.15) is 0 Å². The topological polar surface area (TPSA) is 33.3 Å². The molecule has 23 heavy (non-hydrogen) atoms. The molecule has 2 rings (SSSR count). The fraction of sp³-hybridized carbons (Fsp3) is 0.0714. The molecule has 0 radical (unpaired) electrons. The average molecular weight is 398 g/mol. The van der Waals surface area contributed by atoms with Crippen LogP contribution in [0.4, 0.5) is 20.2 Å². The van der Waals surface area contributed by atoms with Gasteiger partial charge >= 0.3 is 6.61 Å². The van der Waals surface area contributed by atoms with Gasteiger partial charge in [-0.15, -0.1) is 0 Å². The first kappa shape index (κ1) is 18.0. The molecule has 0 unspecified atom stereocenters. The zero-order valence-corrected chi connectivity index (χ0v) is 14.3. The van der Waals surface area contributed by atoms with Gasteiger partial charge in [-0.2, -0.15) is 8.78 Å². The highest BCUT2D eigenvalue weighted by atomic mass is 35.5. The predicted molar refractivity (Wildman–Crippen MR) is 94.4 cm³/mol. The fourth-order valence-corrected chi connectivity index (χ4v) is 2.46. The largest absolute Gasteiger partial charge is 0.433 e. The zero-order valence-electron chi connectivity index (χ0n) is 11.2. The van der Waals surface area contributed by atoms with Crippen molar-refractivity contribution in [3.05, 3.63) is 51.5 Å². The first-order chi connectivity index (χ1) is 10.9. The van der Waals surface area contributed by atoms with Gasteiger partial charge in [-0.1, -0.05) is 40.9 Å². The van der Waals surface area contributed by atoms with E-state index in [-0.39, 0.29) is 15.9 Å². The highest BCUT2D eigenvalue weighted by molar-refractivity contribution is 7.80. The number of benzene rings is 2. The summed E-state index contributed by atoms with van der Waals surface area (Å²) in [5.41, 5.74) is 1.02. The van der Waals surface area contributed by atoms with E-state index in [0.29, 0.717) is 21.4 Å². The molecule has 0 fully saturated rings. The summed E-state index contributed by atoms with van der Waals surface area (Å²) >= 11 is 23.0. The number of ether oxygens (including phenoxy) is 1. The van der Waals surface area contributed by atoms with Gasteiger partial charge in [0.2, 0.25) is 0 Å². The fourth-order valence-electron chi connectivity index (χ4n) is 1.66. The quantitative estimate of drug-likeness (QED) is 0.615. The second-order valence-corrected chi connectivity index (χ2v) is 5.80. The second kappa shape index (κ2) is 7.97. The molecule has 0 saturated carbocycles. The SMILES string of the molecule is FC(F)Oc1ccc(NC(=S)Nc2cccc(Cl)c2Cl)cc1Cl. The van der Waals surface area contributed by atoms with Gasteiger partial charge in [0.15, 0.2) is 5.11 Å². The maximum absolute atomic E-state index is 12.2. The third-order valence-electron chi connectivity index (χ3n) is 2.61. The van der Waals surface area contributed by atoms with E-state index >= 15 is 0 Å². The van der Waals surface area contributed by atoms with Crippen molar-refractivity contribution in [1.29, 1.82) is 0 Å². The van der Waals surface area contributed by atoms with Gasteiger partial charge in [0.1, 0.15) is 5.75 Å². The zero-order chi connectivity index (χ0) is 17.0. The summed E-state index contributed by atoms with van der Waals surface area (Å²) in [4.78, 5) is 0. The molecule has 0 aliphatic carbocycles. The number of rotatable bonds is 4. The highest BCUT2D eigenvalue weighted by Crippen LogP contribution is 2.31. The number of halogens is 5. The number of alkyl halides is 2. The minimum Gasteiger partial charge on any atom is -0.433 e. The van der Waals surface area contributed by atoms with Crippen LogP contribution in [0.3, 0.4) is 0 Å². The molecule has 122 valence electrons. The lowest BCUT2D eigenvalue weighted by molar-refractivity contribution is -0.0497. The molecule has 0 atom stereocenters. The van der Waals surface area contributed by atoms with Gasteiger partial charge in [-0.05, 0) is 42.5 Å². The van der Waals surface area contributed by atoms with Crippen molar-refractivity contribution in [2.75, 3.05) is 10.6 Å². The summed E-state index contributed by atoms with van der Waals surface area (Å²) in [5, 5.41) is 6.70. The molecule has 2 aromatic carbocycles. The van der Waals surface area contributed by atoms with Gasteiger partial charge in [0, 0.05) is 5.69 Å². The van der Waals surface area contributed by atoms with E-state index in [1.54, 1.807) is 18.2 Å². The van der Waals surface area contributed by atoms with Crippen molar-refractivity contribution in [3.63, 3.8) is 0 Å². The Morgan fingerprint density at radius 1 is 1.04 bits per heavy atom. The van der Waals surface area contributed by atoms with Gasteiger partial charge in [0.05, 0.1) is 20.8 Å². The van der Waals surface area contributed by atoms with Crippen molar-refractivity contribution in [3.8, 4) is 5.75 Å². The van der Waals surface area contributed by atoms with Crippen LogP contribution in [-0.4, -0.2) is 11.7 Å². The Bertz CT molecular complexity index is 731. The average Bonchev–Trinajstić information content (AvgIpc) is 2.46.